The Morgan fingerprint density at radius 2 is 1.68 bits per heavy atom. The molecule has 0 fully saturated rings. The van der Waals surface area contributed by atoms with E-state index in [9.17, 15) is 4.79 Å². The minimum Gasteiger partial charge on any atom is -0.497 e. The van der Waals surface area contributed by atoms with E-state index in [1.807, 2.05) is 80.6 Å². The molecule has 1 N–H and O–H groups in total. The molecule has 0 saturated carbocycles. The Hall–Kier alpha value is -3.45. The number of anilines is 1. The number of halogens is 1. The van der Waals surface area contributed by atoms with Crippen LogP contribution >= 0.6 is 15.9 Å². The molecule has 7 heteroatoms. The van der Waals surface area contributed by atoms with Crippen LogP contribution in [-0.2, 0) is 0 Å². The molecule has 1 aromatic heterocycles. The van der Waals surface area contributed by atoms with Gasteiger partial charge in [-0.2, -0.15) is 0 Å². The second-order valence-electron chi connectivity index (χ2n) is 7.13. The molecule has 0 unspecified atom stereocenters. The number of nitrogens with one attached hydrogen (secondary N) is 1. The fraction of sp³-hybridized carbons (Fsp3) is 0.125. The molecule has 0 radical (unpaired) electrons. The first-order valence-electron chi connectivity index (χ1n) is 9.70. The largest absolute Gasteiger partial charge is 0.497 e. The lowest BCUT2D eigenvalue weighted by Gasteiger charge is -2.07. The molecule has 3 aromatic carbocycles. The van der Waals surface area contributed by atoms with Crippen molar-refractivity contribution in [3.05, 3.63) is 88.2 Å². The molecule has 0 aliphatic heterocycles. The van der Waals surface area contributed by atoms with Crippen LogP contribution in [0.25, 0.3) is 17.1 Å². The topological polar surface area (TPSA) is 69.0 Å². The number of ether oxygens (including phenoxy) is 1. The van der Waals surface area contributed by atoms with Gasteiger partial charge in [0.25, 0.3) is 5.91 Å². The van der Waals surface area contributed by atoms with E-state index in [2.05, 4.69) is 31.3 Å². The van der Waals surface area contributed by atoms with E-state index in [0.717, 1.165) is 32.6 Å². The second-order valence-corrected chi connectivity index (χ2v) is 8.04. The van der Waals surface area contributed by atoms with Crippen molar-refractivity contribution in [1.82, 2.24) is 14.8 Å². The van der Waals surface area contributed by atoms with Crippen LogP contribution in [0.2, 0.25) is 0 Å². The third-order valence-corrected chi connectivity index (χ3v) is 5.52. The lowest BCUT2D eigenvalue weighted by Crippen LogP contribution is -2.14. The summed E-state index contributed by atoms with van der Waals surface area (Å²) in [6.45, 7) is 4.04. The van der Waals surface area contributed by atoms with Gasteiger partial charge in [-0.3, -0.25) is 4.79 Å². The number of aryl methyl sites for hydroxylation is 2. The van der Waals surface area contributed by atoms with E-state index in [-0.39, 0.29) is 11.7 Å². The predicted octanol–water partition coefficient (Wildman–Crippen LogP) is 5.57. The highest BCUT2D eigenvalue weighted by atomic mass is 79.9. The zero-order chi connectivity index (χ0) is 22.0. The zero-order valence-corrected chi connectivity index (χ0v) is 19.0. The number of carbonyl (C=O) groups excluding carboxylic acids is 1. The first kappa shape index (κ1) is 20.8. The molecular formula is C24H21BrN4O2. The van der Waals surface area contributed by atoms with Crippen LogP contribution in [-0.4, -0.2) is 27.8 Å². The average Bonchev–Trinajstić information content (AvgIpc) is 3.22. The Morgan fingerprint density at radius 1 is 0.968 bits per heavy atom. The number of amides is 1. The van der Waals surface area contributed by atoms with Gasteiger partial charge < -0.3 is 10.1 Å². The maximum absolute atomic E-state index is 12.9. The molecule has 0 aliphatic carbocycles. The van der Waals surface area contributed by atoms with Gasteiger partial charge in [0, 0.05) is 15.7 Å². The Balaban J connectivity index is 1.73. The Morgan fingerprint density at radius 3 is 2.32 bits per heavy atom. The molecule has 156 valence electrons. The van der Waals surface area contributed by atoms with E-state index < -0.39 is 0 Å². The first-order chi connectivity index (χ1) is 14.9. The molecule has 0 saturated heterocycles. The van der Waals surface area contributed by atoms with Crippen LogP contribution in [0.1, 0.15) is 21.7 Å². The van der Waals surface area contributed by atoms with Crippen molar-refractivity contribution in [1.29, 1.82) is 0 Å². The smallest absolute Gasteiger partial charge is 0.295 e. The maximum Gasteiger partial charge on any atom is 0.295 e. The van der Waals surface area contributed by atoms with Gasteiger partial charge in [0.1, 0.15) is 5.75 Å². The fourth-order valence-electron chi connectivity index (χ4n) is 3.10. The summed E-state index contributed by atoms with van der Waals surface area (Å²) < 4.78 is 7.87. The summed E-state index contributed by atoms with van der Waals surface area (Å²) in [5.41, 5.74) is 4.59. The summed E-state index contributed by atoms with van der Waals surface area (Å²) in [5.74, 6) is 1.03. The summed E-state index contributed by atoms with van der Waals surface area (Å²) >= 11 is 3.45. The highest BCUT2D eigenvalue weighted by Crippen LogP contribution is 2.25. The molecule has 0 bridgehead atoms. The van der Waals surface area contributed by atoms with Crippen molar-refractivity contribution in [2.24, 2.45) is 0 Å². The highest BCUT2D eigenvalue weighted by molar-refractivity contribution is 9.10. The van der Waals surface area contributed by atoms with Gasteiger partial charge in [-0.1, -0.05) is 34.1 Å². The van der Waals surface area contributed by atoms with E-state index in [1.165, 1.54) is 0 Å². The number of hydrogen-bond donors (Lipinski definition) is 1. The van der Waals surface area contributed by atoms with E-state index in [1.54, 1.807) is 11.8 Å². The molecular weight excluding hydrogens is 456 g/mol. The van der Waals surface area contributed by atoms with Gasteiger partial charge in [-0.25, -0.2) is 9.67 Å². The molecule has 1 amide bonds. The highest BCUT2D eigenvalue weighted by Gasteiger charge is 2.19. The number of methoxy groups -OCH3 is 1. The number of aromatic nitrogens is 3. The van der Waals surface area contributed by atoms with Crippen LogP contribution in [0.15, 0.2) is 71.2 Å². The monoisotopic (exact) mass is 476 g/mol. The number of carbonyl (C=O) groups is 1. The van der Waals surface area contributed by atoms with Crippen molar-refractivity contribution in [3.63, 3.8) is 0 Å². The summed E-state index contributed by atoms with van der Waals surface area (Å²) in [7, 11) is 1.62. The molecule has 0 atom stereocenters. The van der Waals surface area contributed by atoms with Crippen molar-refractivity contribution in [2.75, 3.05) is 12.4 Å². The lowest BCUT2D eigenvalue weighted by atomic mass is 10.1. The zero-order valence-electron chi connectivity index (χ0n) is 17.4. The maximum atomic E-state index is 12.9. The minimum absolute atomic E-state index is 0.0898. The quantitative estimate of drug-likeness (QED) is 0.408. The van der Waals surface area contributed by atoms with Gasteiger partial charge >= 0.3 is 0 Å². The van der Waals surface area contributed by atoms with Crippen LogP contribution in [0.3, 0.4) is 0 Å². The van der Waals surface area contributed by atoms with Gasteiger partial charge in [0.15, 0.2) is 5.82 Å². The van der Waals surface area contributed by atoms with Crippen molar-refractivity contribution >= 4 is 27.5 Å². The second kappa shape index (κ2) is 8.73. The normalized spacial score (nSPS) is 10.7. The van der Waals surface area contributed by atoms with E-state index >= 15 is 0 Å². The molecule has 4 rings (SSSR count). The molecule has 0 aliphatic rings. The molecule has 31 heavy (non-hydrogen) atoms. The van der Waals surface area contributed by atoms with Crippen LogP contribution in [0, 0.1) is 13.8 Å². The summed E-state index contributed by atoms with van der Waals surface area (Å²) in [4.78, 5) is 17.5. The van der Waals surface area contributed by atoms with Crippen LogP contribution in [0.5, 0.6) is 5.75 Å². The van der Waals surface area contributed by atoms with E-state index in [4.69, 9.17) is 4.74 Å². The van der Waals surface area contributed by atoms with Crippen LogP contribution in [0.4, 0.5) is 5.69 Å². The van der Waals surface area contributed by atoms with Gasteiger partial charge in [0.2, 0.25) is 5.82 Å². The van der Waals surface area contributed by atoms with Crippen molar-refractivity contribution in [2.45, 2.75) is 13.8 Å². The third kappa shape index (κ3) is 4.51. The number of hydrogen-bond acceptors (Lipinski definition) is 4. The summed E-state index contributed by atoms with van der Waals surface area (Å²) in [6.07, 6.45) is 0. The van der Waals surface area contributed by atoms with Crippen molar-refractivity contribution in [3.8, 4) is 22.8 Å². The Labute approximate surface area is 189 Å². The Bertz CT molecular complexity index is 1230. The van der Waals surface area contributed by atoms with Crippen molar-refractivity contribution < 1.29 is 9.53 Å². The van der Waals surface area contributed by atoms with Gasteiger partial charge in [0.05, 0.1) is 12.8 Å². The standard InChI is InChI=1S/C24H21BrN4O2/c1-15-4-9-19(14-16(15)2)26-24(30)22-27-23(17-5-7-18(25)8-6-17)29(28-22)20-10-12-21(31-3)13-11-20/h4-14H,1-3H3,(H,26,30). The summed E-state index contributed by atoms with van der Waals surface area (Å²) in [6, 6.07) is 20.9. The Kier molecular flexibility index (Phi) is 5.86. The number of rotatable bonds is 5. The number of benzene rings is 3. The lowest BCUT2D eigenvalue weighted by molar-refractivity contribution is 0.101. The molecule has 0 spiro atoms. The molecule has 6 nitrogen and oxygen atoms in total. The van der Waals surface area contributed by atoms with Gasteiger partial charge in [-0.15, -0.1) is 5.10 Å². The average molecular weight is 477 g/mol. The number of nitrogens with zero attached hydrogens (tertiary/aromatic N) is 3. The van der Waals surface area contributed by atoms with Crippen LogP contribution < -0.4 is 10.1 Å². The fourth-order valence-corrected chi connectivity index (χ4v) is 3.37. The predicted molar refractivity (Wildman–Crippen MR) is 125 cm³/mol. The third-order valence-electron chi connectivity index (χ3n) is 4.99. The first-order valence-corrected chi connectivity index (χ1v) is 10.5. The minimum atomic E-state index is -0.367. The molecule has 1 heterocycles. The molecule has 4 aromatic rings. The summed E-state index contributed by atoms with van der Waals surface area (Å²) in [5, 5.41) is 7.40. The SMILES string of the molecule is COc1ccc(-n2nc(C(=O)Nc3ccc(C)c(C)c3)nc2-c2ccc(Br)cc2)cc1. The van der Waals surface area contributed by atoms with Gasteiger partial charge in [-0.05, 0) is 73.5 Å². The van der Waals surface area contributed by atoms with E-state index in [0.29, 0.717) is 11.5 Å².